The van der Waals surface area contributed by atoms with Gasteiger partial charge in [-0.3, -0.25) is 4.79 Å². The first-order valence-electron chi connectivity index (χ1n) is 6.71. The molecule has 0 aliphatic carbocycles. The molecule has 112 valence electrons. The molecule has 4 nitrogen and oxygen atoms in total. The third-order valence-corrected chi connectivity index (χ3v) is 3.85. The Morgan fingerprint density at radius 3 is 2.43 bits per heavy atom. The maximum absolute atomic E-state index is 11.9. The molecular formula is C16H19NO3S. The number of carbonyl (C=O) groups excluding carboxylic acids is 1. The van der Waals surface area contributed by atoms with Crippen molar-refractivity contribution >= 4 is 17.2 Å². The maximum atomic E-state index is 11.9. The van der Waals surface area contributed by atoms with E-state index >= 15 is 0 Å². The molecule has 0 aliphatic rings. The Bertz CT molecular complexity index is 559. The number of hydrogen-bond donors (Lipinski definition) is 1. The van der Waals surface area contributed by atoms with Gasteiger partial charge in [-0.25, -0.2) is 0 Å². The summed E-state index contributed by atoms with van der Waals surface area (Å²) in [6, 6.07) is 7.64. The van der Waals surface area contributed by atoms with Gasteiger partial charge in [0.15, 0.2) is 0 Å². The first-order valence-corrected chi connectivity index (χ1v) is 7.65. The molecule has 0 saturated carbocycles. The van der Waals surface area contributed by atoms with Crippen LogP contribution in [0, 0.1) is 0 Å². The van der Waals surface area contributed by atoms with Crippen molar-refractivity contribution in [2.24, 2.45) is 0 Å². The molecule has 5 heteroatoms. The van der Waals surface area contributed by atoms with E-state index in [4.69, 9.17) is 9.47 Å². The van der Waals surface area contributed by atoms with Gasteiger partial charge in [0.1, 0.15) is 11.5 Å². The second-order valence-corrected chi connectivity index (χ2v) is 5.41. The second-order valence-electron chi connectivity index (χ2n) is 4.63. The highest BCUT2D eigenvalue weighted by Gasteiger charge is 2.05. The van der Waals surface area contributed by atoms with E-state index in [9.17, 15) is 4.79 Å². The number of amides is 1. The monoisotopic (exact) mass is 305 g/mol. The molecule has 0 spiro atoms. The minimum absolute atomic E-state index is 0.0444. The van der Waals surface area contributed by atoms with Gasteiger partial charge in [-0.1, -0.05) is 0 Å². The van der Waals surface area contributed by atoms with Crippen LogP contribution in [0.15, 0.2) is 35.0 Å². The van der Waals surface area contributed by atoms with Crippen LogP contribution in [0.1, 0.15) is 17.5 Å². The van der Waals surface area contributed by atoms with E-state index in [1.54, 1.807) is 25.6 Å². The molecule has 1 heterocycles. The molecule has 2 rings (SSSR count). The highest BCUT2D eigenvalue weighted by Crippen LogP contribution is 2.22. The number of ether oxygens (including phenoxy) is 2. The minimum Gasteiger partial charge on any atom is -0.497 e. The van der Waals surface area contributed by atoms with Crippen molar-refractivity contribution in [1.82, 2.24) is 5.32 Å². The van der Waals surface area contributed by atoms with E-state index < -0.39 is 0 Å². The smallest absolute Gasteiger partial charge is 0.220 e. The van der Waals surface area contributed by atoms with Crippen molar-refractivity contribution in [2.75, 3.05) is 14.2 Å². The van der Waals surface area contributed by atoms with Gasteiger partial charge >= 0.3 is 0 Å². The van der Waals surface area contributed by atoms with Crippen LogP contribution in [0.5, 0.6) is 11.5 Å². The molecule has 0 fully saturated rings. The Labute approximate surface area is 128 Å². The van der Waals surface area contributed by atoms with Crippen molar-refractivity contribution in [3.05, 3.63) is 46.2 Å². The molecule has 1 amide bonds. The quantitative estimate of drug-likeness (QED) is 0.855. The maximum Gasteiger partial charge on any atom is 0.220 e. The SMILES string of the molecule is COc1cc(CNC(=O)CCc2ccsc2)cc(OC)c1. The largest absolute Gasteiger partial charge is 0.497 e. The third kappa shape index (κ3) is 4.79. The molecule has 1 aromatic carbocycles. The molecule has 0 bridgehead atoms. The van der Waals surface area contributed by atoms with Crippen LogP contribution in [-0.2, 0) is 17.8 Å². The second kappa shape index (κ2) is 7.69. The van der Waals surface area contributed by atoms with Crippen molar-refractivity contribution in [3.63, 3.8) is 0 Å². The van der Waals surface area contributed by atoms with Gasteiger partial charge in [-0.2, -0.15) is 11.3 Å². The summed E-state index contributed by atoms with van der Waals surface area (Å²) in [6.07, 6.45) is 1.27. The number of benzene rings is 1. The zero-order chi connectivity index (χ0) is 15.1. The molecule has 0 radical (unpaired) electrons. The highest BCUT2D eigenvalue weighted by atomic mass is 32.1. The van der Waals surface area contributed by atoms with Crippen LogP contribution < -0.4 is 14.8 Å². The summed E-state index contributed by atoms with van der Waals surface area (Å²) in [6.45, 7) is 0.468. The molecule has 0 saturated heterocycles. The zero-order valence-electron chi connectivity index (χ0n) is 12.2. The predicted molar refractivity (Wildman–Crippen MR) is 84.0 cm³/mol. The Morgan fingerprint density at radius 1 is 1.14 bits per heavy atom. The van der Waals surface area contributed by atoms with Gasteiger partial charge < -0.3 is 14.8 Å². The average Bonchev–Trinajstić information content (AvgIpc) is 3.03. The summed E-state index contributed by atoms with van der Waals surface area (Å²) in [7, 11) is 3.22. The van der Waals surface area contributed by atoms with Crippen molar-refractivity contribution in [1.29, 1.82) is 0 Å². The lowest BCUT2D eigenvalue weighted by Gasteiger charge is -2.09. The molecule has 21 heavy (non-hydrogen) atoms. The van der Waals surface area contributed by atoms with Crippen molar-refractivity contribution in [2.45, 2.75) is 19.4 Å². The number of rotatable bonds is 7. The summed E-state index contributed by atoms with van der Waals surface area (Å²) >= 11 is 1.65. The predicted octanol–water partition coefficient (Wildman–Crippen LogP) is 3.01. The summed E-state index contributed by atoms with van der Waals surface area (Å²) in [5.41, 5.74) is 2.16. The lowest BCUT2D eigenvalue weighted by Crippen LogP contribution is -2.23. The topological polar surface area (TPSA) is 47.6 Å². The lowest BCUT2D eigenvalue weighted by molar-refractivity contribution is -0.121. The van der Waals surface area contributed by atoms with Crippen LogP contribution in [0.2, 0.25) is 0 Å². The molecule has 1 N–H and O–H groups in total. The fraction of sp³-hybridized carbons (Fsp3) is 0.312. The van der Waals surface area contributed by atoms with Gasteiger partial charge in [0.05, 0.1) is 14.2 Å². The van der Waals surface area contributed by atoms with E-state index in [0.29, 0.717) is 13.0 Å². The number of aryl methyl sites for hydroxylation is 1. The minimum atomic E-state index is 0.0444. The fourth-order valence-corrected chi connectivity index (χ4v) is 2.65. The molecule has 2 aromatic rings. The summed E-state index contributed by atoms with van der Waals surface area (Å²) in [5.74, 6) is 1.48. The van der Waals surface area contributed by atoms with E-state index in [0.717, 1.165) is 23.5 Å². The van der Waals surface area contributed by atoms with Gasteiger partial charge in [0.25, 0.3) is 0 Å². The average molecular weight is 305 g/mol. The number of nitrogens with one attached hydrogen (secondary N) is 1. The molecule has 0 aliphatic heterocycles. The van der Waals surface area contributed by atoms with Gasteiger partial charge in [-0.05, 0) is 46.5 Å². The first kappa shape index (κ1) is 15.4. The van der Waals surface area contributed by atoms with Crippen LogP contribution >= 0.6 is 11.3 Å². The van der Waals surface area contributed by atoms with E-state index in [1.807, 2.05) is 29.6 Å². The van der Waals surface area contributed by atoms with Crippen LogP contribution in [0.3, 0.4) is 0 Å². The number of carbonyl (C=O) groups is 1. The fourth-order valence-electron chi connectivity index (χ4n) is 1.95. The first-order chi connectivity index (χ1) is 10.2. The Kier molecular flexibility index (Phi) is 5.63. The third-order valence-electron chi connectivity index (χ3n) is 3.12. The Balaban J connectivity index is 1.85. The van der Waals surface area contributed by atoms with E-state index in [2.05, 4.69) is 10.7 Å². The number of hydrogen-bond acceptors (Lipinski definition) is 4. The molecule has 0 unspecified atom stereocenters. The van der Waals surface area contributed by atoms with Gasteiger partial charge in [0.2, 0.25) is 5.91 Å². The standard InChI is InChI=1S/C16H19NO3S/c1-19-14-7-13(8-15(9-14)20-2)10-17-16(18)4-3-12-5-6-21-11-12/h5-9,11H,3-4,10H2,1-2H3,(H,17,18). The molecule has 1 aromatic heterocycles. The summed E-state index contributed by atoms with van der Waals surface area (Å²) in [4.78, 5) is 11.9. The van der Waals surface area contributed by atoms with E-state index in [1.165, 1.54) is 5.56 Å². The van der Waals surface area contributed by atoms with Crippen LogP contribution in [0.25, 0.3) is 0 Å². The molecule has 0 atom stereocenters. The lowest BCUT2D eigenvalue weighted by atomic mass is 10.1. The van der Waals surface area contributed by atoms with Crippen molar-refractivity contribution < 1.29 is 14.3 Å². The number of thiophene rings is 1. The number of methoxy groups -OCH3 is 2. The van der Waals surface area contributed by atoms with E-state index in [-0.39, 0.29) is 5.91 Å². The van der Waals surface area contributed by atoms with Crippen LogP contribution in [-0.4, -0.2) is 20.1 Å². The normalized spacial score (nSPS) is 10.2. The summed E-state index contributed by atoms with van der Waals surface area (Å²) < 4.78 is 10.4. The summed E-state index contributed by atoms with van der Waals surface area (Å²) in [5, 5.41) is 7.01. The zero-order valence-corrected chi connectivity index (χ0v) is 13.0. The van der Waals surface area contributed by atoms with Gasteiger partial charge in [0, 0.05) is 19.0 Å². The Morgan fingerprint density at radius 2 is 1.86 bits per heavy atom. The van der Waals surface area contributed by atoms with Crippen LogP contribution in [0.4, 0.5) is 0 Å². The molecular weight excluding hydrogens is 286 g/mol. The highest BCUT2D eigenvalue weighted by molar-refractivity contribution is 7.07. The Hall–Kier alpha value is -2.01. The van der Waals surface area contributed by atoms with Gasteiger partial charge in [-0.15, -0.1) is 0 Å². The van der Waals surface area contributed by atoms with Crippen molar-refractivity contribution in [3.8, 4) is 11.5 Å².